The van der Waals surface area contributed by atoms with Crippen LogP contribution in [0.4, 0.5) is 0 Å². The third kappa shape index (κ3) is 4.30. The Labute approximate surface area is 172 Å². The number of amides is 2. The second kappa shape index (κ2) is 8.48. The Morgan fingerprint density at radius 1 is 1.18 bits per heavy atom. The van der Waals surface area contributed by atoms with Crippen molar-refractivity contribution < 1.29 is 9.59 Å². The number of rotatable bonds is 5. The molecule has 4 nitrogen and oxygen atoms in total. The molecular formula is C23H30N2O2S. The first-order chi connectivity index (χ1) is 13.3. The maximum absolute atomic E-state index is 13.2. The van der Waals surface area contributed by atoms with E-state index in [2.05, 4.69) is 41.8 Å². The summed E-state index contributed by atoms with van der Waals surface area (Å²) in [7, 11) is 3.63. The highest BCUT2D eigenvalue weighted by atomic mass is 32.1. The van der Waals surface area contributed by atoms with Crippen molar-refractivity contribution in [3.05, 3.63) is 47.3 Å². The van der Waals surface area contributed by atoms with Crippen LogP contribution in [-0.2, 0) is 16.0 Å². The molecule has 1 atom stereocenters. The molecule has 1 aliphatic heterocycles. The van der Waals surface area contributed by atoms with E-state index in [9.17, 15) is 9.59 Å². The van der Waals surface area contributed by atoms with Gasteiger partial charge in [-0.3, -0.25) is 9.59 Å². The Morgan fingerprint density at radius 3 is 2.46 bits per heavy atom. The maximum Gasteiger partial charge on any atom is 0.230 e. The molecule has 1 aliphatic rings. The minimum Gasteiger partial charge on any atom is -0.348 e. The van der Waals surface area contributed by atoms with E-state index in [-0.39, 0.29) is 17.7 Å². The van der Waals surface area contributed by atoms with Crippen LogP contribution in [0.25, 0.3) is 10.4 Å². The van der Waals surface area contributed by atoms with Crippen molar-refractivity contribution in [2.45, 2.75) is 33.1 Å². The maximum atomic E-state index is 13.2. The fraction of sp³-hybridized carbons (Fsp3) is 0.478. The number of nitrogens with zero attached hydrogens (tertiary/aromatic N) is 2. The summed E-state index contributed by atoms with van der Waals surface area (Å²) < 4.78 is 0. The van der Waals surface area contributed by atoms with Gasteiger partial charge in [0.15, 0.2) is 0 Å². The molecule has 3 rings (SSSR count). The van der Waals surface area contributed by atoms with Crippen LogP contribution in [-0.4, -0.2) is 48.8 Å². The van der Waals surface area contributed by atoms with Gasteiger partial charge >= 0.3 is 0 Å². The predicted molar refractivity (Wildman–Crippen MR) is 115 cm³/mol. The minimum atomic E-state index is -0.545. The fourth-order valence-electron chi connectivity index (χ4n) is 4.17. The normalized spacial score (nSPS) is 19.7. The number of likely N-dealkylation sites (tertiary alicyclic amines) is 1. The van der Waals surface area contributed by atoms with Crippen molar-refractivity contribution in [3.8, 4) is 10.4 Å². The molecule has 5 heteroatoms. The molecule has 1 unspecified atom stereocenters. The van der Waals surface area contributed by atoms with E-state index < -0.39 is 5.41 Å². The summed E-state index contributed by atoms with van der Waals surface area (Å²) in [5.74, 6) is 0.218. The summed E-state index contributed by atoms with van der Waals surface area (Å²) in [6, 6.07) is 12.7. The zero-order valence-corrected chi connectivity index (χ0v) is 18.1. The minimum absolute atomic E-state index is 0.0460. The molecule has 1 saturated heterocycles. The molecule has 1 fully saturated rings. The average molecular weight is 399 g/mol. The van der Waals surface area contributed by atoms with Crippen molar-refractivity contribution in [2.24, 2.45) is 11.3 Å². The molecule has 0 aliphatic carbocycles. The second-order valence-electron chi connectivity index (χ2n) is 8.35. The summed E-state index contributed by atoms with van der Waals surface area (Å²) in [6.45, 7) is 5.11. The average Bonchev–Trinajstić information content (AvgIpc) is 3.22. The van der Waals surface area contributed by atoms with Gasteiger partial charge in [0.25, 0.3) is 0 Å². The van der Waals surface area contributed by atoms with Crippen LogP contribution < -0.4 is 0 Å². The molecule has 1 aromatic heterocycles. The van der Waals surface area contributed by atoms with Crippen LogP contribution in [0.3, 0.4) is 0 Å². The molecule has 150 valence electrons. The highest BCUT2D eigenvalue weighted by molar-refractivity contribution is 7.13. The van der Waals surface area contributed by atoms with Crippen LogP contribution in [0.5, 0.6) is 0 Å². The van der Waals surface area contributed by atoms with Gasteiger partial charge in [-0.2, -0.15) is 0 Å². The van der Waals surface area contributed by atoms with E-state index in [1.807, 2.05) is 32.8 Å². The number of thiophene rings is 1. The first-order valence-corrected chi connectivity index (χ1v) is 10.8. The lowest BCUT2D eigenvalue weighted by molar-refractivity contribution is -0.148. The van der Waals surface area contributed by atoms with Gasteiger partial charge in [-0.25, -0.2) is 0 Å². The van der Waals surface area contributed by atoms with Crippen LogP contribution in [0.15, 0.2) is 41.8 Å². The molecule has 0 N–H and O–H groups in total. The number of carbonyl (C=O) groups excluding carboxylic acids is 2. The van der Waals surface area contributed by atoms with E-state index >= 15 is 0 Å². The van der Waals surface area contributed by atoms with Gasteiger partial charge in [-0.15, -0.1) is 11.3 Å². The van der Waals surface area contributed by atoms with Crippen molar-refractivity contribution in [1.82, 2.24) is 9.80 Å². The molecule has 0 spiro atoms. The predicted octanol–water partition coefficient (Wildman–Crippen LogP) is 4.31. The van der Waals surface area contributed by atoms with E-state index in [4.69, 9.17) is 0 Å². The summed E-state index contributed by atoms with van der Waals surface area (Å²) in [5.41, 5.74) is 1.80. The lowest BCUT2D eigenvalue weighted by atomic mass is 9.73. The van der Waals surface area contributed by atoms with Gasteiger partial charge in [0.1, 0.15) is 0 Å². The largest absolute Gasteiger partial charge is 0.348 e. The summed E-state index contributed by atoms with van der Waals surface area (Å²) >= 11 is 1.73. The van der Waals surface area contributed by atoms with Crippen LogP contribution in [0.1, 0.15) is 32.3 Å². The Morgan fingerprint density at radius 2 is 1.89 bits per heavy atom. The standard InChI is InChI=1S/C23H30N2O2S/c1-17(2)21(26)25-13-6-12-23(16-25,22(27)24(3)4)15-18-8-10-19(11-9-18)20-7-5-14-28-20/h5,7-11,14,17H,6,12-13,15-16H2,1-4H3. The molecule has 0 bridgehead atoms. The Bertz CT molecular complexity index is 812. The summed E-state index contributed by atoms with van der Waals surface area (Å²) in [4.78, 5) is 30.6. The molecule has 0 saturated carbocycles. The van der Waals surface area contributed by atoms with Gasteiger partial charge in [0.05, 0.1) is 5.41 Å². The lowest BCUT2D eigenvalue weighted by Gasteiger charge is -2.43. The van der Waals surface area contributed by atoms with Gasteiger partial charge < -0.3 is 9.80 Å². The molecule has 2 aromatic rings. The van der Waals surface area contributed by atoms with E-state index in [1.165, 1.54) is 10.4 Å². The first kappa shape index (κ1) is 20.6. The zero-order chi connectivity index (χ0) is 20.3. The number of carbonyl (C=O) groups is 2. The highest BCUT2D eigenvalue weighted by Crippen LogP contribution is 2.36. The molecule has 2 heterocycles. The first-order valence-electron chi connectivity index (χ1n) is 9.96. The van der Waals surface area contributed by atoms with Gasteiger partial charge in [0, 0.05) is 38.0 Å². The van der Waals surface area contributed by atoms with Crippen molar-refractivity contribution in [1.29, 1.82) is 0 Å². The molecular weight excluding hydrogens is 368 g/mol. The topological polar surface area (TPSA) is 40.6 Å². The molecule has 0 radical (unpaired) electrons. The van der Waals surface area contributed by atoms with Crippen LogP contribution in [0, 0.1) is 11.3 Å². The van der Waals surface area contributed by atoms with Gasteiger partial charge in [0.2, 0.25) is 11.8 Å². The van der Waals surface area contributed by atoms with Crippen LogP contribution in [0.2, 0.25) is 0 Å². The number of benzene rings is 1. The Balaban J connectivity index is 1.86. The molecule has 2 amide bonds. The summed E-state index contributed by atoms with van der Waals surface area (Å²) in [5, 5.41) is 2.08. The smallest absolute Gasteiger partial charge is 0.230 e. The second-order valence-corrected chi connectivity index (χ2v) is 9.30. The van der Waals surface area contributed by atoms with Gasteiger partial charge in [-0.05, 0) is 41.8 Å². The number of hydrogen-bond acceptors (Lipinski definition) is 3. The van der Waals surface area contributed by atoms with E-state index in [0.29, 0.717) is 13.0 Å². The third-order valence-electron chi connectivity index (χ3n) is 5.54. The Hall–Kier alpha value is -2.14. The Kier molecular flexibility index (Phi) is 6.23. The summed E-state index contributed by atoms with van der Waals surface area (Å²) in [6.07, 6.45) is 2.35. The monoisotopic (exact) mass is 398 g/mol. The lowest BCUT2D eigenvalue weighted by Crippen LogP contribution is -2.54. The van der Waals surface area contributed by atoms with Crippen molar-refractivity contribution in [3.63, 3.8) is 0 Å². The van der Waals surface area contributed by atoms with E-state index in [1.54, 1.807) is 16.2 Å². The van der Waals surface area contributed by atoms with Crippen molar-refractivity contribution in [2.75, 3.05) is 27.2 Å². The molecule has 28 heavy (non-hydrogen) atoms. The number of hydrogen-bond donors (Lipinski definition) is 0. The zero-order valence-electron chi connectivity index (χ0n) is 17.3. The van der Waals surface area contributed by atoms with Gasteiger partial charge in [-0.1, -0.05) is 44.2 Å². The SMILES string of the molecule is CC(C)C(=O)N1CCCC(Cc2ccc(-c3cccs3)cc2)(C(=O)N(C)C)C1. The quantitative estimate of drug-likeness (QED) is 0.753. The molecule has 1 aromatic carbocycles. The third-order valence-corrected chi connectivity index (χ3v) is 6.46. The van der Waals surface area contributed by atoms with E-state index in [0.717, 1.165) is 24.9 Å². The fourth-order valence-corrected chi connectivity index (χ4v) is 4.91. The highest BCUT2D eigenvalue weighted by Gasteiger charge is 2.44. The van der Waals surface area contributed by atoms with Crippen LogP contribution >= 0.6 is 11.3 Å². The number of piperidine rings is 1. The van der Waals surface area contributed by atoms with Crippen molar-refractivity contribution >= 4 is 23.2 Å².